The highest BCUT2D eigenvalue weighted by molar-refractivity contribution is 5.85. The van der Waals surface area contributed by atoms with Crippen molar-refractivity contribution in [1.82, 2.24) is 4.90 Å². The van der Waals surface area contributed by atoms with Crippen LogP contribution >= 0.6 is 12.4 Å². The van der Waals surface area contributed by atoms with E-state index >= 15 is 0 Å². The standard InChI is InChI=1S/C13H28N2O.ClH/c1-4-7-10-15(11-8-5-2)13(16)12(14)9-6-3;/h12H,4-11,14H2,1-3H3;1H. The lowest BCUT2D eigenvalue weighted by Crippen LogP contribution is -2.44. The van der Waals surface area contributed by atoms with Gasteiger partial charge in [-0.1, -0.05) is 40.0 Å². The summed E-state index contributed by atoms with van der Waals surface area (Å²) in [5, 5.41) is 0. The molecule has 0 bridgehead atoms. The van der Waals surface area contributed by atoms with Crippen LogP contribution in [0, 0.1) is 0 Å². The van der Waals surface area contributed by atoms with Gasteiger partial charge in [-0.2, -0.15) is 0 Å². The number of carbonyl (C=O) groups is 1. The number of hydrogen-bond acceptors (Lipinski definition) is 2. The van der Waals surface area contributed by atoms with E-state index in [1.807, 2.05) is 4.90 Å². The van der Waals surface area contributed by atoms with Crippen molar-refractivity contribution in [3.05, 3.63) is 0 Å². The molecule has 104 valence electrons. The molecule has 0 aromatic heterocycles. The second-order valence-electron chi connectivity index (χ2n) is 4.43. The zero-order chi connectivity index (χ0) is 12.4. The Morgan fingerprint density at radius 1 is 1.06 bits per heavy atom. The van der Waals surface area contributed by atoms with E-state index in [4.69, 9.17) is 5.73 Å². The summed E-state index contributed by atoms with van der Waals surface area (Å²) in [6.45, 7) is 8.10. The van der Waals surface area contributed by atoms with E-state index in [-0.39, 0.29) is 24.4 Å². The fraction of sp³-hybridized carbons (Fsp3) is 0.923. The molecule has 0 aromatic carbocycles. The van der Waals surface area contributed by atoms with E-state index in [9.17, 15) is 4.79 Å². The first-order valence-corrected chi connectivity index (χ1v) is 6.71. The average Bonchev–Trinajstić information content (AvgIpc) is 2.29. The maximum absolute atomic E-state index is 12.0. The number of amides is 1. The zero-order valence-corrected chi connectivity index (χ0v) is 12.4. The summed E-state index contributed by atoms with van der Waals surface area (Å²) >= 11 is 0. The maximum Gasteiger partial charge on any atom is 0.239 e. The van der Waals surface area contributed by atoms with E-state index in [0.717, 1.165) is 51.6 Å². The lowest BCUT2D eigenvalue weighted by atomic mass is 10.1. The summed E-state index contributed by atoms with van der Waals surface area (Å²) in [6.07, 6.45) is 6.18. The average molecular weight is 265 g/mol. The van der Waals surface area contributed by atoms with Crippen molar-refractivity contribution in [2.24, 2.45) is 5.73 Å². The molecule has 0 spiro atoms. The molecule has 1 amide bonds. The van der Waals surface area contributed by atoms with Gasteiger partial charge in [-0.25, -0.2) is 0 Å². The highest BCUT2D eigenvalue weighted by atomic mass is 35.5. The molecule has 0 saturated carbocycles. The summed E-state index contributed by atoms with van der Waals surface area (Å²) in [6, 6.07) is -0.293. The van der Waals surface area contributed by atoms with Crippen LogP contribution in [0.2, 0.25) is 0 Å². The minimum Gasteiger partial charge on any atom is -0.341 e. The van der Waals surface area contributed by atoms with Gasteiger partial charge in [0.05, 0.1) is 6.04 Å². The highest BCUT2D eigenvalue weighted by Gasteiger charge is 2.19. The van der Waals surface area contributed by atoms with Crippen LogP contribution in [0.25, 0.3) is 0 Å². The van der Waals surface area contributed by atoms with E-state index < -0.39 is 0 Å². The molecular weight excluding hydrogens is 236 g/mol. The Bertz CT molecular complexity index is 180. The van der Waals surface area contributed by atoms with E-state index in [1.54, 1.807) is 0 Å². The van der Waals surface area contributed by atoms with Crippen molar-refractivity contribution < 1.29 is 4.79 Å². The summed E-state index contributed by atoms with van der Waals surface area (Å²) in [7, 11) is 0. The molecule has 0 aliphatic rings. The Labute approximate surface area is 113 Å². The fourth-order valence-electron chi connectivity index (χ4n) is 1.70. The zero-order valence-electron chi connectivity index (χ0n) is 11.6. The van der Waals surface area contributed by atoms with Gasteiger partial charge in [-0.15, -0.1) is 12.4 Å². The number of hydrogen-bond donors (Lipinski definition) is 1. The molecule has 17 heavy (non-hydrogen) atoms. The molecule has 0 heterocycles. The van der Waals surface area contributed by atoms with Gasteiger partial charge in [-0.3, -0.25) is 4.79 Å². The van der Waals surface area contributed by atoms with Gasteiger partial charge >= 0.3 is 0 Å². The van der Waals surface area contributed by atoms with Crippen molar-refractivity contribution in [2.75, 3.05) is 13.1 Å². The monoisotopic (exact) mass is 264 g/mol. The molecule has 0 aliphatic carbocycles. The predicted molar refractivity (Wildman–Crippen MR) is 76.5 cm³/mol. The quantitative estimate of drug-likeness (QED) is 0.696. The third-order valence-corrected chi connectivity index (χ3v) is 2.79. The van der Waals surface area contributed by atoms with Crippen LogP contribution in [0.4, 0.5) is 0 Å². The summed E-state index contributed by atoms with van der Waals surface area (Å²) in [4.78, 5) is 14.0. The minimum absolute atomic E-state index is 0. The summed E-state index contributed by atoms with van der Waals surface area (Å²) in [5.74, 6) is 0.142. The van der Waals surface area contributed by atoms with Crippen molar-refractivity contribution >= 4 is 18.3 Å². The van der Waals surface area contributed by atoms with Crippen molar-refractivity contribution in [3.8, 4) is 0 Å². The SMILES string of the molecule is CCCCN(CCCC)C(=O)C(N)CCC.Cl. The van der Waals surface area contributed by atoms with Gasteiger partial charge in [-0.05, 0) is 19.3 Å². The molecule has 3 nitrogen and oxygen atoms in total. The third kappa shape index (κ3) is 8.44. The first-order valence-electron chi connectivity index (χ1n) is 6.71. The molecule has 0 aliphatic heterocycles. The molecule has 2 N–H and O–H groups in total. The fourth-order valence-corrected chi connectivity index (χ4v) is 1.70. The number of unbranched alkanes of at least 4 members (excludes halogenated alkanes) is 2. The minimum atomic E-state index is -0.293. The van der Waals surface area contributed by atoms with Crippen LogP contribution in [-0.2, 0) is 4.79 Å². The number of nitrogens with zero attached hydrogens (tertiary/aromatic N) is 1. The predicted octanol–water partition coefficient (Wildman–Crippen LogP) is 2.96. The number of nitrogens with two attached hydrogens (primary N) is 1. The molecule has 0 fully saturated rings. The van der Waals surface area contributed by atoms with Crippen LogP contribution in [-0.4, -0.2) is 29.9 Å². The smallest absolute Gasteiger partial charge is 0.239 e. The highest BCUT2D eigenvalue weighted by Crippen LogP contribution is 2.04. The topological polar surface area (TPSA) is 46.3 Å². The lowest BCUT2D eigenvalue weighted by molar-refractivity contribution is -0.132. The first kappa shape index (κ1) is 19.1. The van der Waals surface area contributed by atoms with Crippen molar-refractivity contribution in [1.29, 1.82) is 0 Å². The number of rotatable bonds is 9. The maximum atomic E-state index is 12.0. The van der Waals surface area contributed by atoms with E-state index in [2.05, 4.69) is 20.8 Å². The summed E-state index contributed by atoms with van der Waals surface area (Å²) < 4.78 is 0. The van der Waals surface area contributed by atoms with Gasteiger partial charge < -0.3 is 10.6 Å². The van der Waals surface area contributed by atoms with Gasteiger partial charge in [0.15, 0.2) is 0 Å². The summed E-state index contributed by atoms with van der Waals surface area (Å²) in [5.41, 5.74) is 5.88. The first-order chi connectivity index (χ1) is 7.67. The molecular formula is C13H29ClN2O. The Hall–Kier alpha value is -0.280. The largest absolute Gasteiger partial charge is 0.341 e. The van der Waals surface area contributed by atoms with Crippen molar-refractivity contribution in [3.63, 3.8) is 0 Å². The molecule has 0 aromatic rings. The van der Waals surface area contributed by atoms with Crippen molar-refractivity contribution in [2.45, 2.75) is 65.3 Å². The molecule has 0 rings (SSSR count). The Morgan fingerprint density at radius 2 is 1.53 bits per heavy atom. The molecule has 4 heteroatoms. The van der Waals surface area contributed by atoms with Crippen LogP contribution < -0.4 is 5.73 Å². The van der Waals surface area contributed by atoms with Gasteiger partial charge in [0, 0.05) is 13.1 Å². The molecule has 1 unspecified atom stereocenters. The van der Waals surface area contributed by atoms with E-state index in [1.165, 1.54) is 0 Å². The molecule has 0 radical (unpaired) electrons. The third-order valence-electron chi connectivity index (χ3n) is 2.79. The Kier molecular flexibility index (Phi) is 13.7. The number of halogens is 1. The second kappa shape index (κ2) is 12.2. The van der Waals surface area contributed by atoms with Gasteiger partial charge in [0.25, 0.3) is 0 Å². The molecule has 0 saturated heterocycles. The molecule has 1 atom stereocenters. The Balaban J connectivity index is 0. The van der Waals surface area contributed by atoms with Gasteiger partial charge in [0.1, 0.15) is 0 Å². The number of carbonyl (C=O) groups excluding carboxylic acids is 1. The van der Waals surface area contributed by atoms with Crippen LogP contribution in [0.15, 0.2) is 0 Å². The van der Waals surface area contributed by atoms with Crippen LogP contribution in [0.5, 0.6) is 0 Å². The van der Waals surface area contributed by atoms with Crippen LogP contribution in [0.1, 0.15) is 59.3 Å². The Morgan fingerprint density at radius 3 is 1.88 bits per heavy atom. The van der Waals surface area contributed by atoms with Crippen LogP contribution in [0.3, 0.4) is 0 Å². The van der Waals surface area contributed by atoms with Gasteiger partial charge in [0.2, 0.25) is 5.91 Å². The van der Waals surface area contributed by atoms with E-state index in [0.29, 0.717) is 0 Å². The normalized spacial score (nSPS) is 11.8. The second-order valence-corrected chi connectivity index (χ2v) is 4.43. The lowest BCUT2D eigenvalue weighted by Gasteiger charge is -2.25.